The standard InChI is InChI=1S/C23H29F2N5O3/c1-7-9-16(29-22(32)33-23(4,5)6)17-12-15(10-11-26-17)19-18(13-27-30(19)21(24)25)28-20(31)14(3)8-2/h7-8,10-14,16,21H,1-2,9H2,3-6H3,(H,28,31)(H,29,32). The predicted molar refractivity (Wildman–Crippen MR) is 122 cm³/mol. The fourth-order valence-electron chi connectivity index (χ4n) is 2.90. The van der Waals surface area contributed by atoms with Crippen LogP contribution in [0.3, 0.4) is 0 Å². The number of amides is 2. The van der Waals surface area contributed by atoms with Gasteiger partial charge in [-0.25, -0.2) is 9.48 Å². The van der Waals surface area contributed by atoms with E-state index in [0.717, 1.165) is 6.20 Å². The average Bonchev–Trinajstić information content (AvgIpc) is 3.15. The second-order valence-corrected chi connectivity index (χ2v) is 8.34. The molecule has 0 bridgehead atoms. The first-order chi connectivity index (χ1) is 15.5. The fourth-order valence-corrected chi connectivity index (χ4v) is 2.90. The number of nitrogens with one attached hydrogen (secondary N) is 2. The van der Waals surface area contributed by atoms with Crippen LogP contribution in [0.2, 0.25) is 0 Å². The molecule has 33 heavy (non-hydrogen) atoms. The van der Waals surface area contributed by atoms with E-state index in [-0.39, 0.29) is 11.4 Å². The Labute approximate surface area is 191 Å². The molecule has 0 aliphatic carbocycles. The Morgan fingerprint density at radius 2 is 2.00 bits per heavy atom. The maximum Gasteiger partial charge on any atom is 0.408 e. The third kappa shape index (κ3) is 6.96. The zero-order chi connectivity index (χ0) is 24.8. The Hall–Kier alpha value is -3.56. The highest BCUT2D eigenvalue weighted by Crippen LogP contribution is 2.33. The molecular weight excluding hydrogens is 432 g/mol. The summed E-state index contributed by atoms with van der Waals surface area (Å²) in [6.45, 7) is 11.2. The molecule has 2 aromatic rings. The van der Waals surface area contributed by atoms with Crippen molar-refractivity contribution in [3.8, 4) is 11.3 Å². The minimum absolute atomic E-state index is 0.00730. The minimum Gasteiger partial charge on any atom is -0.444 e. The summed E-state index contributed by atoms with van der Waals surface area (Å²) in [5, 5.41) is 9.07. The summed E-state index contributed by atoms with van der Waals surface area (Å²) in [7, 11) is 0. The molecule has 178 valence electrons. The molecule has 2 rings (SSSR count). The van der Waals surface area contributed by atoms with Crippen molar-refractivity contribution < 1.29 is 23.1 Å². The number of alkyl halides is 2. The van der Waals surface area contributed by atoms with Crippen molar-refractivity contribution in [3.63, 3.8) is 0 Å². The molecule has 2 atom stereocenters. The average molecular weight is 462 g/mol. The molecule has 2 unspecified atom stereocenters. The van der Waals surface area contributed by atoms with Crippen molar-refractivity contribution in [2.45, 2.75) is 52.3 Å². The van der Waals surface area contributed by atoms with Gasteiger partial charge in [0.15, 0.2) is 0 Å². The molecule has 2 N–H and O–H groups in total. The van der Waals surface area contributed by atoms with Gasteiger partial charge in [-0.2, -0.15) is 13.9 Å². The third-order valence-corrected chi connectivity index (χ3v) is 4.51. The van der Waals surface area contributed by atoms with Crippen molar-refractivity contribution in [1.82, 2.24) is 20.1 Å². The number of ether oxygens (including phenoxy) is 1. The number of hydrogen-bond acceptors (Lipinski definition) is 5. The lowest BCUT2D eigenvalue weighted by Gasteiger charge is -2.23. The highest BCUT2D eigenvalue weighted by molar-refractivity contribution is 5.96. The van der Waals surface area contributed by atoms with Crippen LogP contribution in [0.5, 0.6) is 0 Å². The van der Waals surface area contributed by atoms with E-state index in [0.29, 0.717) is 22.4 Å². The maximum atomic E-state index is 13.7. The molecule has 0 spiro atoms. The number of rotatable bonds is 9. The Kier molecular flexibility index (Phi) is 8.44. The van der Waals surface area contributed by atoms with Crippen LogP contribution in [0.4, 0.5) is 19.3 Å². The van der Waals surface area contributed by atoms with Gasteiger partial charge in [0.25, 0.3) is 0 Å². The van der Waals surface area contributed by atoms with Crippen molar-refractivity contribution >= 4 is 17.7 Å². The van der Waals surface area contributed by atoms with E-state index in [4.69, 9.17) is 4.74 Å². The quantitative estimate of drug-likeness (QED) is 0.498. The summed E-state index contributed by atoms with van der Waals surface area (Å²) in [4.78, 5) is 28.9. The number of aromatic nitrogens is 3. The van der Waals surface area contributed by atoms with Gasteiger partial charge in [0.05, 0.1) is 35.2 Å². The van der Waals surface area contributed by atoms with E-state index in [1.54, 1.807) is 39.8 Å². The summed E-state index contributed by atoms with van der Waals surface area (Å²) in [5.74, 6) is -0.943. The van der Waals surface area contributed by atoms with Crippen LogP contribution in [-0.2, 0) is 9.53 Å². The summed E-state index contributed by atoms with van der Waals surface area (Å²) in [6.07, 6.45) is 5.31. The van der Waals surface area contributed by atoms with E-state index < -0.39 is 36.1 Å². The van der Waals surface area contributed by atoms with Crippen LogP contribution in [-0.4, -0.2) is 32.4 Å². The van der Waals surface area contributed by atoms with Crippen molar-refractivity contribution in [2.75, 3.05) is 5.32 Å². The topological polar surface area (TPSA) is 98.1 Å². The Morgan fingerprint density at radius 3 is 2.58 bits per heavy atom. The molecule has 2 amide bonds. The lowest BCUT2D eigenvalue weighted by atomic mass is 10.0. The first-order valence-corrected chi connectivity index (χ1v) is 10.3. The number of halogens is 2. The van der Waals surface area contributed by atoms with E-state index in [2.05, 4.69) is 33.9 Å². The second-order valence-electron chi connectivity index (χ2n) is 8.34. The molecule has 2 aromatic heterocycles. The van der Waals surface area contributed by atoms with E-state index in [9.17, 15) is 18.4 Å². The van der Waals surface area contributed by atoms with Crippen LogP contribution in [0.15, 0.2) is 49.8 Å². The summed E-state index contributed by atoms with van der Waals surface area (Å²) in [5.41, 5.74) is 0.160. The van der Waals surface area contributed by atoms with Crippen molar-refractivity contribution in [1.29, 1.82) is 0 Å². The Morgan fingerprint density at radius 1 is 1.30 bits per heavy atom. The van der Waals surface area contributed by atoms with Crippen molar-refractivity contribution in [2.24, 2.45) is 5.92 Å². The highest BCUT2D eigenvalue weighted by Gasteiger charge is 2.24. The van der Waals surface area contributed by atoms with Gasteiger partial charge in [0, 0.05) is 11.8 Å². The Bertz CT molecular complexity index is 1010. The molecule has 0 saturated carbocycles. The lowest BCUT2D eigenvalue weighted by Crippen LogP contribution is -2.35. The smallest absolute Gasteiger partial charge is 0.408 e. The summed E-state index contributed by atoms with van der Waals surface area (Å²) in [6, 6.07) is 2.46. The largest absolute Gasteiger partial charge is 0.444 e. The SMILES string of the molecule is C=CCC(NC(=O)OC(C)(C)C)c1cc(-c2c(NC(=O)C(C)C=C)cnn2C(F)F)ccn1. The van der Waals surface area contributed by atoms with E-state index in [1.165, 1.54) is 18.3 Å². The maximum absolute atomic E-state index is 13.7. The molecule has 0 aliphatic rings. The summed E-state index contributed by atoms with van der Waals surface area (Å²) >= 11 is 0. The number of hydrogen-bond donors (Lipinski definition) is 2. The van der Waals surface area contributed by atoms with Gasteiger partial charge in [0.2, 0.25) is 5.91 Å². The minimum atomic E-state index is -2.94. The molecule has 0 saturated heterocycles. The second kappa shape index (κ2) is 10.8. The van der Waals surface area contributed by atoms with Gasteiger partial charge in [-0.3, -0.25) is 9.78 Å². The zero-order valence-corrected chi connectivity index (χ0v) is 19.1. The highest BCUT2D eigenvalue weighted by atomic mass is 19.3. The normalized spacial score (nSPS) is 13.2. The molecule has 0 fully saturated rings. The lowest BCUT2D eigenvalue weighted by molar-refractivity contribution is -0.118. The van der Waals surface area contributed by atoms with Crippen LogP contribution >= 0.6 is 0 Å². The molecule has 8 nitrogen and oxygen atoms in total. The fraction of sp³-hybridized carbons (Fsp3) is 0.391. The molecule has 0 radical (unpaired) electrons. The molecule has 10 heteroatoms. The van der Waals surface area contributed by atoms with Gasteiger partial charge < -0.3 is 15.4 Å². The number of nitrogens with zero attached hydrogens (tertiary/aromatic N) is 3. The van der Waals surface area contributed by atoms with Gasteiger partial charge in [-0.15, -0.1) is 13.2 Å². The third-order valence-electron chi connectivity index (χ3n) is 4.51. The number of anilines is 1. The zero-order valence-electron chi connectivity index (χ0n) is 19.1. The number of alkyl carbamates (subject to hydrolysis) is 1. The Balaban J connectivity index is 2.45. The predicted octanol–water partition coefficient (Wildman–Crippen LogP) is 5.24. The first-order valence-electron chi connectivity index (χ1n) is 10.3. The van der Waals surface area contributed by atoms with Crippen LogP contribution < -0.4 is 10.6 Å². The van der Waals surface area contributed by atoms with Gasteiger partial charge in [-0.1, -0.05) is 19.1 Å². The number of carbonyl (C=O) groups excluding carboxylic acids is 2. The van der Waals surface area contributed by atoms with Gasteiger partial charge >= 0.3 is 12.6 Å². The van der Waals surface area contributed by atoms with Gasteiger partial charge in [-0.05, 0) is 39.3 Å². The molecule has 0 aliphatic heterocycles. The number of carbonyl (C=O) groups is 2. The number of pyridine rings is 1. The van der Waals surface area contributed by atoms with Crippen LogP contribution in [0, 0.1) is 5.92 Å². The van der Waals surface area contributed by atoms with Gasteiger partial charge in [0.1, 0.15) is 5.60 Å². The van der Waals surface area contributed by atoms with E-state index in [1.807, 2.05) is 0 Å². The van der Waals surface area contributed by atoms with Crippen LogP contribution in [0.1, 0.15) is 52.4 Å². The van der Waals surface area contributed by atoms with E-state index >= 15 is 0 Å². The monoisotopic (exact) mass is 461 g/mol. The summed E-state index contributed by atoms with van der Waals surface area (Å²) < 4.78 is 33.1. The molecule has 2 heterocycles. The molecular formula is C23H29F2N5O3. The van der Waals surface area contributed by atoms with Crippen LogP contribution in [0.25, 0.3) is 11.3 Å². The van der Waals surface area contributed by atoms with Crippen molar-refractivity contribution in [3.05, 3.63) is 55.5 Å². The molecule has 0 aromatic carbocycles. The first kappa shape index (κ1) is 25.7.